The zero-order chi connectivity index (χ0) is 15.0. The lowest BCUT2D eigenvalue weighted by Gasteiger charge is -2.19. The maximum atomic E-state index is 10.8. The normalized spacial score (nSPS) is 10.6. The van der Waals surface area contributed by atoms with Crippen molar-refractivity contribution in [1.29, 1.82) is 0 Å². The highest BCUT2D eigenvalue weighted by Crippen LogP contribution is 2.23. The predicted molar refractivity (Wildman–Crippen MR) is 83.5 cm³/mol. The van der Waals surface area contributed by atoms with Gasteiger partial charge in [0.25, 0.3) is 5.69 Å². The van der Waals surface area contributed by atoms with E-state index in [9.17, 15) is 10.1 Å². The molecule has 1 N–H and O–H groups in total. The molecule has 0 amide bonds. The van der Waals surface area contributed by atoms with E-state index in [1.165, 1.54) is 19.3 Å². The van der Waals surface area contributed by atoms with Crippen LogP contribution >= 0.6 is 0 Å². The molecule has 0 saturated carbocycles. The summed E-state index contributed by atoms with van der Waals surface area (Å²) in [5.41, 5.74) is 1.95. The van der Waals surface area contributed by atoms with Crippen molar-refractivity contribution < 1.29 is 4.92 Å². The average molecular weight is 279 g/mol. The lowest BCUT2D eigenvalue weighted by Crippen LogP contribution is -2.18. The fourth-order valence-electron chi connectivity index (χ4n) is 2.22. The van der Waals surface area contributed by atoms with Gasteiger partial charge in [0.05, 0.1) is 4.92 Å². The van der Waals surface area contributed by atoms with Gasteiger partial charge in [-0.25, -0.2) is 0 Å². The third-order valence-corrected chi connectivity index (χ3v) is 3.49. The summed E-state index contributed by atoms with van der Waals surface area (Å²) in [6, 6.07) is 5.30. The summed E-state index contributed by atoms with van der Waals surface area (Å²) in [6.07, 6.45) is 4.83. The van der Waals surface area contributed by atoms with Crippen LogP contribution in [0, 0.1) is 17.0 Å². The summed E-state index contributed by atoms with van der Waals surface area (Å²) in [5.74, 6) is 0. The molecule has 0 aromatic heterocycles. The Kier molecular flexibility index (Phi) is 7.01. The monoisotopic (exact) mass is 279 g/mol. The number of rotatable bonds is 9. The number of nitrogens with zero attached hydrogens (tertiary/aromatic N) is 2. The third kappa shape index (κ3) is 5.17. The van der Waals surface area contributed by atoms with Gasteiger partial charge in [0.1, 0.15) is 0 Å². The molecule has 0 aliphatic rings. The SMILES string of the molecule is CNCCCCCCN(C)c1ccc([N+](=O)[O-])c(C)c1. The molecule has 1 rings (SSSR count). The van der Waals surface area contributed by atoms with Crippen molar-refractivity contribution in [2.24, 2.45) is 0 Å². The molecule has 0 radical (unpaired) electrons. The lowest BCUT2D eigenvalue weighted by molar-refractivity contribution is -0.385. The van der Waals surface area contributed by atoms with E-state index < -0.39 is 0 Å². The molecule has 5 heteroatoms. The number of hydrogen-bond acceptors (Lipinski definition) is 4. The average Bonchev–Trinajstić information content (AvgIpc) is 2.41. The Morgan fingerprint density at radius 3 is 2.55 bits per heavy atom. The van der Waals surface area contributed by atoms with Crippen molar-refractivity contribution >= 4 is 11.4 Å². The van der Waals surface area contributed by atoms with Crippen LogP contribution < -0.4 is 10.2 Å². The number of nitrogens with one attached hydrogen (secondary N) is 1. The number of unbranched alkanes of at least 4 members (excludes halogenated alkanes) is 3. The molecule has 0 saturated heterocycles. The van der Waals surface area contributed by atoms with Crippen molar-refractivity contribution in [2.75, 3.05) is 32.1 Å². The summed E-state index contributed by atoms with van der Waals surface area (Å²) in [6.45, 7) is 3.85. The van der Waals surface area contributed by atoms with Gasteiger partial charge in [0, 0.05) is 30.9 Å². The van der Waals surface area contributed by atoms with Gasteiger partial charge < -0.3 is 10.2 Å². The Bertz CT molecular complexity index is 435. The van der Waals surface area contributed by atoms with Crippen molar-refractivity contribution in [3.63, 3.8) is 0 Å². The number of anilines is 1. The summed E-state index contributed by atoms with van der Waals surface area (Å²) in [4.78, 5) is 12.6. The van der Waals surface area contributed by atoms with E-state index in [1.54, 1.807) is 13.0 Å². The van der Waals surface area contributed by atoms with E-state index in [1.807, 2.05) is 26.2 Å². The molecule has 5 nitrogen and oxygen atoms in total. The molecule has 20 heavy (non-hydrogen) atoms. The number of nitro benzene ring substituents is 1. The second kappa shape index (κ2) is 8.53. The molecule has 112 valence electrons. The molecule has 0 atom stereocenters. The Labute approximate surface area is 121 Å². The van der Waals surface area contributed by atoms with Gasteiger partial charge >= 0.3 is 0 Å². The number of benzene rings is 1. The Morgan fingerprint density at radius 2 is 1.95 bits per heavy atom. The third-order valence-electron chi connectivity index (χ3n) is 3.49. The van der Waals surface area contributed by atoms with Gasteiger partial charge in [-0.05, 0) is 45.5 Å². The van der Waals surface area contributed by atoms with Crippen LogP contribution in [0.2, 0.25) is 0 Å². The quantitative estimate of drug-likeness (QED) is 0.428. The second-order valence-electron chi connectivity index (χ2n) is 5.17. The highest BCUT2D eigenvalue weighted by atomic mass is 16.6. The highest BCUT2D eigenvalue weighted by Gasteiger charge is 2.11. The molecule has 0 unspecified atom stereocenters. The van der Waals surface area contributed by atoms with Crippen LogP contribution in [0.1, 0.15) is 31.2 Å². The smallest absolute Gasteiger partial charge is 0.272 e. The van der Waals surface area contributed by atoms with E-state index in [0.29, 0.717) is 5.56 Å². The zero-order valence-electron chi connectivity index (χ0n) is 12.7. The first-order valence-electron chi connectivity index (χ1n) is 7.17. The Morgan fingerprint density at radius 1 is 1.25 bits per heavy atom. The van der Waals surface area contributed by atoms with Crippen molar-refractivity contribution in [3.8, 4) is 0 Å². The Balaban J connectivity index is 2.41. The van der Waals surface area contributed by atoms with Crippen LogP contribution in [-0.2, 0) is 0 Å². The molecular formula is C15H25N3O2. The van der Waals surface area contributed by atoms with Crippen molar-refractivity contribution in [3.05, 3.63) is 33.9 Å². The van der Waals surface area contributed by atoms with Crippen LogP contribution in [0.15, 0.2) is 18.2 Å². The molecule has 0 heterocycles. The first kappa shape index (κ1) is 16.4. The first-order valence-corrected chi connectivity index (χ1v) is 7.17. The second-order valence-corrected chi connectivity index (χ2v) is 5.17. The topological polar surface area (TPSA) is 58.4 Å². The van der Waals surface area contributed by atoms with E-state index in [4.69, 9.17) is 0 Å². The van der Waals surface area contributed by atoms with E-state index in [2.05, 4.69) is 10.2 Å². The van der Waals surface area contributed by atoms with Crippen LogP contribution in [0.5, 0.6) is 0 Å². The minimum absolute atomic E-state index is 0.189. The molecular weight excluding hydrogens is 254 g/mol. The highest BCUT2D eigenvalue weighted by molar-refractivity contribution is 5.54. The van der Waals surface area contributed by atoms with Gasteiger partial charge in [-0.1, -0.05) is 12.8 Å². The maximum absolute atomic E-state index is 10.8. The lowest BCUT2D eigenvalue weighted by atomic mass is 10.1. The standard InChI is InChI=1S/C15H25N3O2/c1-13-12-14(8-9-15(13)18(19)20)17(3)11-7-5-4-6-10-16-2/h8-9,12,16H,4-7,10-11H2,1-3H3. The first-order chi connectivity index (χ1) is 9.56. The van der Waals surface area contributed by atoms with Crippen LogP contribution in [0.25, 0.3) is 0 Å². The number of hydrogen-bond donors (Lipinski definition) is 1. The van der Waals surface area contributed by atoms with Crippen molar-refractivity contribution in [1.82, 2.24) is 5.32 Å². The maximum Gasteiger partial charge on any atom is 0.272 e. The zero-order valence-corrected chi connectivity index (χ0v) is 12.7. The molecule has 1 aromatic rings. The fourth-order valence-corrected chi connectivity index (χ4v) is 2.22. The van der Waals surface area contributed by atoms with Crippen LogP contribution in [-0.4, -0.2) is 32.1 Å². The van der Waals surface area contributed by atoms with Gasteiger partial charge in [0.15, 0.2) is 0 Å². The summed E-state index contributed by atoms with van der Waals surface area (Å²) in [5, 5.41) is 13.9. The molecule has 0 aliphatic heterocycles. The van der Waals surface area contributed by atoms with Gasteiger partial charge in [-0.3, -0.25) is 10.1 Å². The number of aryl methyl sites for hydroxylation is 1. The van der Waals surface area contributed by atoms with E-state index in [0.717, 1.165) is 25.2 Å². The summed E-state index contributed by atoms with van der Waals surface area (Å²) < 4.78 is 0. The van der Waals surface area contributed by atoms with Gasteiger partial charge in [0.2, 0.25) is 0 Å². The van der Waals surface area contributed by atoms with Gasteiger partial charge in [-0.15, -0.1) is 0 Å². The van der Waals surface area contributed by atoms with Crippen molar-refractivity contribution in [2.45, 2.75) is 32.6 Å². The van der Waals surface area contributed by atoms with Gasteiger partial charge in [-0.2, -0.15) is 0 Å². The summed E-state index contributed by atoms with van der Waals surface area (Å²) in [7, 11) is 4.01. The molecule has 0 bridgehead atoms. The minimum atomic E-state index is -0.332. The van der Waals surface area contributed by atoms with Crippen LogP contribution in [0.3, 0.4) is 0 Å². The molecule has 0 fully saturated rings. The number of nitro groups is 1. The molecule has 1 aromatic carbocycles. The molecule has 0 aliphatic carbocycles. The summed E-state index contributed by atoms with van der Waals surface area (Å²) >= 11 is 0. The van der Waals surface area contributed by atoms with E-state index >= 15 is 0 Å². The molecule has 0 spiro atoms. The minimum Gasteiger partial charge on any atom is -0.375 e. The fraction of sp³-hybridized carbons (Fsp3) is 0.600. The largest absolute Gasteiger partial charge is 0.375 e. The predicted octanol–water partition coefficient (Wildman–Crippen LogP) is 3.12. The Hall–Kier alpha value is -1.62. The van der Waals surface area contributed by atoms with E-state index in [-0.39, 0.29) is 10.6 Å². The van der Waals surface area contributed by atoms with Crippen LogP contribution in [0.4, 0.5) is 11.4 Å².